The molecule has 0 bridgehead atoms. The summed E-state index contributed by atoms with van der Waals surface area (Å²) in [6, 6.07) is 0. The monoisotopic (exact) mass is 160 g/mol. The lowest BCUT2D eigenvalue weighted by Crippen LogP contribution is -2.36. The largest absolute Gasteiger partial charge is 0.569 e. The van der Waals surface area contributed by atoms with Crippen LogP contribution in [0.25, 0.3) is 0 Å². The van der Waals surface area contributed by atoms with Crippen molar-refractivity contribution in [2.45, 2.75) is 25.2 Å². The van der Waals surface area contributed by atoms with Crippen LogP contribution in [0.1, 0.15) is 6.92 Å². The van der Waals surface area contributed by atoms with Crippen LogP contribution in [-0.2, 0) is 4.65 Å². The maximum Gasteiger partial charge on any atom is 0.321 e. The van der Waals surface area contributed by atoms with E-state index >= 15 is 0 Å². The zero-order chi connectivity index (χ0) is 9.02. The average Bonchev–Trinajstić information content (AvgIpc) is 2.00. The predicted molar refractivity (Wildman–Crippen MR) is 42.5 cm³/mol. The molecule has 64 valence electrons. The van der Waals surface area contributed by atoms with Crippen LogP contribution in [0.5, 0.6) is 0 Å². The van der Waals surface area contributed by atoms with Gasteiger partial charge in [0, 0.05) is 0 Å². The molecule has 0 aromatic carbocycles. The van der Waals surface area contributed by atoms with Gasteiger partial charge in [-0.3, -0.25) is 0 Å². The van der Waals surface area contributed by atoms with Gasteiger partial charge in [-0.2, -0.15) is 0 Å². The van der Waals surface area contributed by atoms with Crippen LogP contribution in [-0.4, -0.2) is 41.7 Å². The van der Waals surface area contributed by atoms with Crippen molar-refractivity contribution in [3.63, 3.8) is 0 Å². The Morgan fingerprint density at radius 2 is 1.91 bits per heavy atom. The van der Waals surface area contributed by atoms with E-state index in [1.807, 2.05) is 0 Å². The molecule has 0 saturated carbocycles. The van der Waals surface area contributed by atoms with Gasteiger partial charge >= 0.3 is 8.05 Å². The number of rotatable bonds is 4. The number of aliphatic hydroxyl groups excluding tert-OH is 3. The fourth-order valence-corrected chi connectivity index (χ4v) is 0.575. The standard InChI is InChI=1S/C6H13BO4/c1-3(8)5(9)6(10)4(2)11-7/h3,5-6,8-10H,2,7H2,1H3. The second-order valence-corrected chi connectivity index (χ2v) is 2.35. The minimum atomic E-state index is -1.25. The van der Waals surface area contributed by atoms with Crippen LogP contribution >= 0.6 is 0 Å². The second kappa shape index (κ2) is 4.38. The molecule has 0 spiro atoms. The molecule has 4 nitrogen and oxygen atoms in total. The molecule has 0 aliphatic rings. The molecule has 0 aliphatic carbocycles. The minimum absolute atomic E-state index is 0.0402. The number of hydrogen-bond acceptors (Lipinski definition) is 4. The van der Waals surface area contributed by atoms with Crippen molar-refractivity contribution in [2.24, 2.45) is 0 Å². The van der Waals surface area contributed by atoms with Crippen molar-refractivity contribution < 1.29 is 20.0 Å². The van der Waals surface area contributed by atoms with E-state index in [1.165, 1.54) is 15.0 Å². The second-order valence-electron chi connectivity index (χ2n) is 2.35. The molecular formula is C6H13BO4. The Kier molecular flexibility index (Phi) is 4.18. The summed E-state index contributed by atoms with van der Waals surface area (Å²) in [5, 5.41) is 27.0. The first-order valence-electron chi connectivity index (χ1n) is 3.27. The van der Waals surface area contributed by atoms with Gasteiger partial charge in [0.05, 0.1) is 11.9 Å². The van der Waals surface area contributed by atoms with Gasteiger partial charge < -0.3 is 20.0 Å². The summed E-state index contributed by atoms with van der Waals surface area (Å²) in [5.74, 6) is 0.0402. The zero-order valence-electron chi connectivity index (χ0n) is 6.69. The quantitative estimate of drug-likeness (QED) is 0.334. The molecule has 0 aromatic heterocycles. The van der Waals surface area contributed by atoms with E-state index in [0.717, 1.165) is 0 Å². The zero-order valence-corrected chi connectivity index (χ0v) is 6.69. The Bertz CT molecular complexity index is 137. The van der Waals surface area contributed by atoms with E-state index in [9.17, 15) is 0 Å². The van der Waals surface area contributed by atoms with Crippen LogP contribution in [0.3, 0.4) is 0 Å². The third-order valence-corrected chi connectivity index (χ3v) is 1.41. The van der Waals surface area contributed by atoms with Gasteiger partial charge in [0.2, 0.25) is 0 Å². The Morgan fingerprint density at radius 1 is 1.45 bits per heavy atom. The molecule has 0 radical (unpaired) electrons. The first-order chi connectivity index (χ1) is 5.00. The van der Waals surface area contributed by atoms with Crippen LogP contribution in [0.4, 0.5) is 0 Å². The summed E-state index contributed by atoms with van der Waals surface area (Å²) in [6.45, 7) is 4.71. The average molecular weight is 160 g/mol. The molecular weight excluding hydrogens is 147 g/mol. The molecule has 11 heavy (non-hydrogen) atoms. The van der Waals surface area contributed by atoms with Gasteiger partial charge in [0.1, 0.15) is 12.2 Å². The Hall–Kier alpha value is -0.515. The van der Waals surface area contributed by atoms with Crippen molar-refractivity contribution in [3.8, 4) is 0 Å². The summed E-state index contributed by atoms with van der Waals surface area (Å²) in [4.78, 5) is 0. The molecule has 0 amide bonds. The molecule has 0 heterocycles. The Labute approximate surface area is 66.6 Å². The van der Waals surface area contributed by atoms with E-state index < -0.39 is 18.3 Å². The summed E-state index contributed by atoms with van der Waals surface area (Å²) in [6.07, 6.45) is -3.49. The molecule has 3 unspecified atom stereocenters. The predicted octanol–water partition coefficient (Wildman–Crippen LogP) is -1.83. The minimum Gasteiger partial charge on any atom is -0.569 e. The SMILES string of the molecule is BOC(=C)C(O)C(O)C(C)O. The van der Waals surface area contributed by atoms with Crippen LogP contribution in [0.15, 0.2) is 12.3 Å². The number of hydrogen-bond donors (Lipinski definition) is 3. The van der Waals surface area contributed by atoms with Crippen molar-refractivity contribution in [2.75, 3.05) is 0 Å². The van der Waals surface area contributed by atoms with Crippen molar-refractivity contribution in [1.29, 1.82) is 0 Å². The van der Waals surface area contributed by atoms with Gasteiger partial charge in [-0.05, 0) is 6.92 Å². The highest BCUT2D eigenvalue weighted by molar-refractivity contribution is 5.98. The molecule has 3 atom stereocenters. The van der Waals surface area contributed by atoms with Gasteiger partial charge in [-0.25, -0.2) is 0 Å². The number of aliphatic hydroxyl groups is 3. The van der Waals surface area contributed by atoms with Crippen LogP contribution in [0.2, 0.25) is 0 Å². The van der Waals surface area contributed by atoms with E-state index in [4.69, 9.17) is 15.3 Å². The maximum absolute atomic E-state index is 9.12. The van der Waals surface area contributed by atoms with Gasteiger partial charge in [0.25, 0.3) is 0 Å². The molecule has 0 saturated heterocycles. The normalized spacial score (nSPS) is 18.5. The summed E-state index contributed by atoms with van der Waals surface area (Å²) < 4.78 is 4.57. The smallest absolute Gasteiger partial charge is 0.321 e. The first-order valence-corrected chi connectivity index (χ1v) is 3.27. The van der Waals surface area contributed by atoms with Gasteiger partial charge in [-0.1, -0.05) is 6.58 Å². The summed E-state index contributed by atoms with van der Waals surface area (Å²) in [5.41, 5.74) is 0. The topological polar surface area (TPSA) is 69.9 Å². The van der Waals surface area contributed by atoms with Crippen molar-refractivity contribution in [3.05, 3.63) is 12.3 Å². The molecule has 0 fully saturated rings. The van der Waals surface area contributed by atoms with Crippen LogP contribution < -0.4 is 0 Å². The van der Waals surface area contributed by atoms with E-state index in [-0.39, 0.29) is 5.76 Å². The highest BCUT2D eigenvalue weighted by Gasteiger charge is 2.23. The molecule has 5 heteroatoms. The lowest BCUT2D eigenvalue weighted by Gasteiger charge is -2.21. The lowest BCUT2D eigenvalue weighted by molar-refractivity contribution is -0.0472. The van der Waals surface area contributed by atoms with Gasteiger partial charge in [-0.15, -0.1) is 0 Å². The highest BCUT2D eigenvalue weighted by Crippen LogP contribution is 2.07. The van der Waals surface area contributed by atoms with Crippen molar-refractivity contribution >= 4 is 8.05 Å². The fraction of sp³-hybridized carbons (Fsp3) is 0.667. The molecule has 0 aliphatic heterocycles. The lowest BCUT2D eigenvalue weighted by atomic mass is 10.1. The van der Waals surface area contributed by atoms with E-state index in [0.29, 0.717) is 0 Å². The van der Waals surface area contributed by atoms with Gasteiger partial charge in [0.15, 0.2) is 0 Å². The third-order valence-electron chi connectivity index (χ3n) is 1.41. The Morgan fingerprint density at radius 3 is 2.18 bits per heavy atom. The molecule has 0 rings (SSSR count). The third kappa shape index (κ3) is 2.92. The van der Waals surface area contributed by atoms with Crippen LogP contribution in [0, 0.1) is 0 Å². The van der Waals surface area contributed by atoms with Crippen molar-refractivity contribution in [1.82, 2.24) is 0 Å². The fourth-order valence-electron chi connectivity index (χ4n) is 0.575. The van der Waals surface area contributed by atoms with E-state index in [1.54, 1.807) is 0 Å². The highest BCUT2D eigenvalue weighted by atomic mass is 16.4. The summed E-state index contributed by atoms with van der Waals surface area (Å²) >= 11 is 0. The molecule has 0 aromatic rings. The maximum atomic E-state index is 9.12. The Balaban J connectivity index is 4.01. The first kappa shape index (κ1) is 10.5. The van der Waals surface area contributed by atoms with E-state index in [2.05, 4.69) is 11.2 Å². The molecule has 3 N–H and O–H groups in total. The summed E-state index contributed by atoms with van der Waals surface area (Å²) in [7, 11) is 1.33.